The standard InChI is InChI=1S/C17H13FN4/c1-22(16-11-14(13-19)10-15(18)12-16)9-4-2-3-6-17-20-7-5-8-21-17/h4-5,7-12H,2H2,1H3/b9-4-. The minimum absolute atomic E-state index is 0.288. The van der Waals surface area contributed by atoms with Gasteiger partial charge < -0.3 is 4.90 Å². The van der Waals surface area contributed by atoms with Crippen LogP contribution in [0, 0.1) is 29.0 Å². The summed E-state index contributed by atoms with van der Waals surface area (Å²) in [7, 11) is 1.78. The molecule has 4 nitrogen and oxygen atoms in total. The van der Waals surface area contributed by atoms with Crippen molar-refractivity contribution in [2.24, 2.45) is 0 Å². The molecule has 0 fully saturated rings. The molecule has 0 unspecified atom stereocenters. The number of nitriles is 1. The topological polar surface area (TPSA) is 52.8 Å². The Balaban J connectivity index is 1.98. The first-order valence-corrected chi connectivity index (χ1v) is 6.55. The second-order valence-corrected chi connectivity index (χ2v) is 4.38. The third kappa shape index (κ3) is 4.43. The van der Waals surface area contributed by atoms with Crippen molar-refractivity contribution in [3.63, 3.8) is 0 Å². The number of hydrogen-bond donors (Lipinski definition) is 0. The molecule has 1 aromatic carbocycles. The van der Waals surface area contributed by atoms with Crippen molar-refractivity contribution in [2.75, 3.05) is 11.9 Å². The zero-order valence-corrected chi connectivity index (χ0v) is 12.0. The van der Waals surface area contributed by atoms with Crippen LogP contribution >= 0.6 is 0 Å². The van der Waals surface area contributed by atoms with Gasteiger partial charge in [-0.15, -0.1) is 0 Å². The molecule has 5 heteroatoms. The summed E-state index contributed by atoms with van der Waals surface area (Å²) in [4.78, 5) is 9.72. The second-order valence-electron chi connectivity index (χ2n) is 4.38. The molecule has 0 atom stereocenters. The lowest BCUT2D eigenvalue weighted by Gasteiger charge is -2.14. The van der Waals surface area contributed by atoms with Gasteiger partial charge in [0.25, 0.3) is 0 Å². The fraction of sp³-hybridized carbons (Fsp3) is 0.118. The SMILES string of the molecule is CN(/C=C\CC#Cc1ncccn1)c1cc(F)cc(C#N)c1. The van der Waals surface area contributed by atoms with Crippen molar-refractivity contribution < 1.29 is 4.39 Å². The first-order valence-electron chi connectivity index (χ1n) is 6.55. The first kappa shape index (κ1) is 15.2. The van der Waals surface area contributed by atoms with Gasteiger partial charge in [-0.1, -0.05) is 12.0 Å². The van der Waals surface area contributed by atoms with E-state index in [-0.39, 0.29) is 5.56 Å². The third-order valence-corrected chi connectivity index (χ3v) is 2.73. The summed E-state index contributed by atoms with van der Waals surface area (Å²) >= 11 is 0. The van der Waals surface area contributed by atoms with Crippen molar-refractivity contribution in [1.29, 1.82) is 5.26 Å². The van der Waals surface area contributed by atoms with Gasteiger partial charge in [0.15, 0.2) is 0 Å². The molecule has 22 heavy (non-hydrogen) atoms. The molecule has 0 aliphatic rings. The fourth-order valence-corrected chi connectivity index (χ4v) is 1.69. The predicted molar refractivity (Wildman–Crippen MR) is 82.2 cm³/mol. The molecule has 0 spiro atoms. The largest absolute Gasteiger partial charge is 0.351 e. The van der Waals surface area contributed by atoms with Crippen LogP contribution < -0.4 is 4.90 Å². The molecular formula is C17H13FN4. The second kappa shape index (κ2) is 7.56. The van der Waals surface area contributed by atoms with Gasteiger partial charge in [0.2, 0.25) is 5.82 Å². The normalized spacial score (nSPS) is 9.86. The Morgan fingerprint density at radius 1 is 1.27 bits per heavy atom. The number of aromatic nitrogens is 2. The Kier molecular flexibility index (Phi) is 5.23. The Hall–Kier alpha value is -3.18. The molecule has 2 aromatic rings. The summed E-state index contributed by atoms with van der Waals surface area (Å²) in [5.74, 6) is 5.81. The molecule has 0 saturated carbocycles. The zero-order valence-electron chi connectivity index (χ0n) is 12.0. The van der Waals surface area contributed by atoms with Crippen LogP contribution in [0.3, 0.4) is 0 Å². The number of halogens is 1. The highest BCUT2D eigenvalue weighted by molar-refractivity contribution is 5.53. The van der Waals surface area contributed by atoms with E-state index in [1.165, 1.54) is 12.1 Å². The zero-order chi connectivity index (χ0) is 15.8. The molecule has 0 bridgehead atoms. The average molecular weight is 292 g/mol. The quantitative estimate of drug-likeness (QED) is 0.816. The number of allylic oxidation sites excluding steroid dienone is 1. The average Bonchev–Trinajstić information content (AvgIpc) is 2.54. The summed E-state index contributed by atoms with van der Waals surface area (Å²) < 4.78 is 13.4. The highest BCUT2D eigenvalue weighted by Crippen LogP contribution is 2.17. The summed E-state index contributed by atoms with van der Waals surface area (Å²) in [5, 5.41) is 8.84. The van der Waals surface area contributed by atoms with Crippen LogP contribution in [0.2, 0.25) is 0 Å². The van der Waals surface area contributed by atoms with E-state index in [0.29, 0.717) is 17.9 Å². The van der Waals surface area contributed by atoms with Crippen molar-refractivity contribution >= 4 is 5.69 Å². The van der Waals surface area contributed by atoms with Gasteiger partial charge in [0.05, 0.1) is 11.6 Å². The van der Waals surface area contributed by atoms with Crippen LogP contribution in [-0.2, 0) is 0 Å². The Morgan fingerprint density at radius 3 is 2.77 bits per heavy atom. The number of anilines is 1. The summed E-state index contributed by atoms with van der Waals surface area (Å²) in [6.07, 6.45) is 7.40. The lowest BCUT2D eigenvalue weighted by atomic mass is 10.2. The van der Waals surface area contributed by atoms with E-state index in [2.05, 4.69) is 21.8 Å². The van der Waals surface area contributed by atoms with Gasteiger partial charge in [0.1, 0.15) is 5.82 Å². The summed E-state index contributed by atoms with van der Waals surface area (Å²) in [6.45, 7) is 0. The Labute approximate surface area is 128 Å². The molecule has 2 rings (SSSR count). The van der Waals surface area contributed by atoms with Crippen LogP contribution in [0.25, 0.3) is 0 Å². The molecular weight excluding hydrogens is 279 g/mol. The third-order valence-electron chi connectivity index (χ3n) is 2.73. The molecule has 0 saturated heterocycles. The van der Waals surface area contributed by atoms with Gasteiger partial charge in [-0.2, -0.15) is 5.26 Å². The van der Waals surface area contributed by atoms with Crippen LogP contribution in [0.4, 0.5) is 10.1 Å². The first-order chi connectivity index (χ1) is 10.7. The molecule has 0 N–H and O–H groups in total. The highest BCUT2D eigenvalue weighted by Gasteiger charge is 2.02. The maximum absolute atomic E-state index is 13.4. The van der Waals surface area contributed by atoms with Gasteiger partial charge >= 0.3 is 0 Å². The lowest BCUT2D eigenvalue weighted by molar-refractivity contribution is 0.627. The molecule has 1 heterocycles. The van der Waals surface area contributed by atoms with E-state index < -0.39 is 5.82 Å². The highest BCUT2D eigenvalue weighted by atomic mass is 19.1. The van der Waals surface area contributed by atoms with E-state index in [1.54, 1.807) is 42.7 Å². The van der Waals surface area contributed by atoms with Crippen molar-refractivity contribution in [2.45, 2.75) is 6.42 Å². The number of benzene rings is 1. The van der Waals surface area contributed by atoms with E-state index in [9.17, 15) is 4.39 Å². The van der Waals surface area contributed by atoms with Crippen LogP contribution in [-0.4, -0.2) is 17.0 Å². The molecule has 0 aliphatic heterocycles. The number of rotatable bonds is 3. The Morgan fingerprint density at radius 2 is 2.05 bits per heavy atom. The lowest BCUT2D eigenvalue weighted by Crippen LogP contribution is -2.08. The molecule has 0 radical (unpaired) electrons. The molecule has 0 amide bonds. The van der Waals surface area contributed by atoms with Gasteiger partial charge in [-0.25, -0.2) is 14.4 Å². The van der Waals surface area contributed by atoms with Crippen molar-refractivity contribution in [3.8, 4) is 17.9 Å². The monoisotopic (exact) mass is 292 g/mol. The van der Waals surface area contributed by atoms with Crippen LogP contribution in [0.5, 0.6) is 0 Å². The van der Waals surface area contributed by atoms with Gasteiger partial charge in [-0.3, -0.25) is 0 Å². The molecule has 0 aliphatic carbocycles. The van der Waals surface area contributed by atoms with Crippen molar-refractivity contribution in [3.05, 3.63) is 66.1 Å². The maximum Gasteiger partial charge on any atom is 0.204 e. The minimum atomic E-state index is -0.435. The van der Waals surface area contributed by atoms with Crippen LogP contribution in [0.1, 0.15) is 17.8 Å². The van der Waals surface area contributed by atoms with E-state index >= 15 is 0 Å². The van der Waals surface area contributed by atoms with Crippen LogP contribution in [0.15, 0.2) is 48.9 Å². The van der Waals surface area contributed by atoms with Gasteiger partial charge in [0, 0.05) is 37.7 Å². The summed E-state index contributed by atoms with van der Waals surface area (Å²) in [5.41, 5.74) is 0.892. The molecule has 108 valence electrons. The Bertz CT molecular complexity index is 767. The van der Waals surface area contributed by atoms with E-state index in [0.717, 1.165) is 0 Å². The van der Waals surface area contributed by atoms with Crippen molar-refractivity contribution in [1.82, 2.24) is 9.97 Å². The van der Waals surface area contributed by atoms with E-state index in [4.69, 9.17) is 5.26 Å². The minimum Gasteiger partial charge on any atom is -0.351 e. The predicted octanol–water partition coefficient (Wildman–Crippen LogP) is 2.88. The van der Waals surface area contributed by atoms with Gasteiger partial charge in [-0.05, 0) is 30.2 Å². The fourth-order valence-electron chi connectivity index (χ4n) is 1.69. The number of nitrogens with zero attached hydrogens (tertiary/aromatic N) is 4. The molecule has 1 aromatic heterocycles. The number of hydrogen-bond acceptors (Lipinski definition) is 4. The smallest absolute Gasteiger partial charge is 0.204 e. The van der Waals surface area contributed by atoms with E-state index in [1.807, 2.05) is 12.1 Å². The summed E-state index contributed by atoms with van der Waals surface area (Å²) in [6, 6.07) is 7.85. The maximum atomic E-state index is 13.4.